The molecule has 26 heavy (non-hydrogen) atoms. The van der Waals surface area contributed by atoms with Crippen LogP contribution in [0.4, 0.5) is 10.9 Å². The minimum atomic E-state index is -0.0663. The van der Waals surface area contributed by atoms with Crippen molar-refractivity contribution >= 4 is 44.4 Å². The van der Waals surface area contributed by atoms with Crippen LogP contribution in [-0.4, -0.2) is 32.7 Å². The summed E-state index contributed by atoms with van der Waals surface area (Å²) in [6.45, 7) is 4.31. The molecule has 2 aromatic heterocycles. The van der Waals surface area contributed by atoms with Gasteiger partial charge in [-0.1, -0.05) is 67.3 Å². The van der Waals surface area contributed by atoms with Gasteiger partial charge in [0.2, 0.25) is 0 Å². The number of aromatic nitrogens is 3. The van der Waals surface area contributed by atoms with Gasteiger partial charge in [0, 0.05) is 5.75 Å². The fourth-order valence-electron chi connectivity index (χ4n) is 2.65. The number of benzene rings is 1. The van der Waals surface area contributed by atoms with E-state index in [1.54, 1.807) is 11.8 Å². The van der Waals surface area contributed by atoms with Gasteiger partial charge in [0.25, 0.3) is 0 Å². The molecule has 1 unspecified atom stereocenters. The zero-order chi connectivity index (χ0) is 18.5. The Labute approximate surface area is 161 Å². The van der Waals surface area contributed by atoms with Gasteiger partial charge in [-0.05, 0) is 17.9 Å². The molecule has 1 atom stereocenters. The van der Waals surface area contributed by atoms with E-state index >= 15 is 0 Å². The van der Waals surface area contributed by atoms with Gasteiger partial charge >= 0.3 is 0 Å². The van der Waals surface area contributed by atoms with Crippen molar-refractivity contribution < 1.29 is 5.11 Å². The maximum atomic E-state index is 9.69. The predicted molar refractivity (Wildman–Crippen MR) is 110 cm³/mol. The third-order valence-electron chi connectivity index (χ3n) is 3.78. The fraction of sp³-hybridized carbons (Fsp3) is 0.389. The third-order valence-corrected chi connectivity index (χ3v) is 5.58. The molecule has 2 heterocycles. The smallest absolute Gasteiger partial charge is 0.191 e. The first-order valence-corrected chi connectivity index (χ1v) is 10.3. The van der Waals surface area contributed by atoms with Crippen molar-refractivity contribution in [1.82, 2.24) is 15.0 Å². The first-order valence-electron chi connectivity index (χ1n) is 8.53. The van der Waals surface area contributed by atoms with E-state index in [0.717, 1.165) is 16.9 Å². The largest absolute Gasteiger partial charge is 0.394 e. The Morgan fingerprint density at radius 2 is 1.96 bits per heavy atom. The number of anilines is 2. The van der Waals surface area contributed by atoms with Gasteiger partial charge in [0.15, 0.2) is 21.8 Å². The number of aliphatic hydroxyl groups is 1. The van der Waals surface area contributed by atoms with Gasteiger partial charge in [-0.15, -0.1) is 0 Å². The van der Waals surface area contributed by atoms with Crippen LogP contribution < -0.4 is 11.1 Å². The van der Waals surface area contributed by atoms with Crippen LogP contribution in [0.1, 0.15) is 25.8 Å². The average molecular weight is 390 g/mol. The molecule has 0 fully saturated rings. The number of nitrogen functional groups attached to an aromatic ring is 1. The number of nitrogens with one attached hydrogen (secondary N) is 1. The van der Waals surface area contributed by atoms with Crippen molar-refractivity contribution in [3.05, 3.63) is 35.9 Å². The second kappa shape index (κ2) is 8.66. The van der Waals surface area contributed by atoms with Gasteiger partial charge in [0.1, 0.15) is 4.70 Å². The second-order valence-corrected chi connectivity index (χ2v) is 8.46. The second-order valence-electron chi connectivity index (χ2n) is 6.49. The summed E-state index contributed by atoms with van der Waals surface area (Å²) >= 11 is 2.92. The van der Waals surface area contributed by atoms with Crippen LogP contribution >= 0.6 is 23.1 Å². The third kappa shape index (κ3) is 4.84. The lowest BCUT2D eigenvalue weighted by molar-refractivity contribution is 0.259. The number of thioether (sulfide) groups is 1. The highest BCUT2D eigenvalue weighted by molar-refractivity contribution is 7.98. The number of aliphatic hydroxyl groups excluding tert-OH is 1. The molecule has 0 saturated heterocycles. The lowest BCUT2D eigenvalue weighted by atomic mass is 10.0. The first kappa shape index (κ1) is 18.9. The minimum Gasteiger partial charge on any atom is -0.394 e. The summed E-state index contributed by atoms with van der Waals surface area (Å²) in [6, 6.07) is 10.1. The molecule has 4 N–H and O–H groups in total. The minimum absolute atomic E-state index is 0.0461. The molecule has 0 bridgehead atoms. The van der Waals surface area contributed by atoms with Gasteiger partial charge in [0.05, 0.1) is 12.6 Å². The van der Waals surface area contributed by atoms with Crippen LogP contribution in [0.25, 0.3) is 10.3 Å². The van der Waals surface area contributed by atoms with E-state index in [2.05, 4.69) is 46.2 Å². The lowest BCUT2D eigenvalue weighted by Gasteiger charge is -2.19. The van der Waals surface area contributed by atoms with E-state index in [1.165, 1.54) is 16.9 Å². The summed E-state index contributed by atoms with van der Waals surface area (Å²) in [6.07, 6.45) is 0.850. The first-order chi connectivity index (χ1) is 12.5. The fourth-order valence-corrected chi connectivity index (χ4v) is 4.17. The van der Waals surface area contributed by atoms with Gasteiger partial charge in [-0.25, -0.2) is 15.0 Å². The number of rotatable bonds is 8. The van der Waals surface area contributed by atoms with Gasteiger partial charge < -0.3 is 16.2 Å². The predicted octanol–water partition coefficient (Wildman–Crippen LogP) is 3.78. The number of thiazole rings is 1. The highest BCUT2D eigenvalue weighted by Gasteiger charge is 2.17. The van der Waals surface area contributed by atoms with Crippen LogP contribution in [0.2, 0.25) is 0 Å². The van der Waals surface area contributed by atoms with Crippen molar-refractivity contribution in [2.24, 2.45) is 5.92 Å². The molecule has 0 saturated carbocycles. The van der Waals surface area contributed by atoms with Crippen molar-refractivity contribution in [3.63, 3.8) is 0 Å². The molecule has 138 valence electrons. The van der Waals surface area contributed by atoms with E-state index in [0.29, 0.717) is 27.7 Å². The molecule has 3 rings (SSSR count). The summed E-state index contributed by atoms with van der Waals surface area (Å²) in [5.41, 5.74) is 7.68. The zero-order valence-electron chi connectivity index (χ0n) is 14.8. The number of hydrogen-bond acceptors (Lipinski definition) is 8. The van der Waals surface area contributed by atoms with Crippen molar-refractivity contribution in [2.45, 2.75) is 37.2 Å². The van der Waals surface area contributed by atoms with Crippen LogP contribution in [0, 0.1) is 5.92 Å². The van der Waals surface area contributed by atoms with Crippen LogP contribution in [0.15, 0.2) is 35.5 Å². The Kier molecular flexibility index (Phi) is 6.29. The molecule has 0 radical (unpaired) electrons. The average Bonchev–Trinajstić information content (AvgIpc) is 3.00. The van der Waals surface area contributed by atoms with Crippen molar-refractivity contribution in [1.29, 1.82) is 0 Å². The van der Waals surface area contributed by atoms with Gasteiger partial charge in [-0.2, -0.15) is 0 Å². The Morgan fingerprint density at radius 3 is 2.65 bits per heavy atom. The van der Waals surface area contributed by atoms with Gasteiger partial charge in [-0.3, -0.25) is 0 Å². The highest BCUT2D eigenvalue weighted by atomic mass is 32.2. The van der Waals surface area contributed by atoms with E-state index in [4.69, 9.17) is 5.73 Å². The Bertz CT molecular complexity index is 853. The van der Waals surface area contributed by atoms with Crippen molar-refractivity contribution in [3.8, 4) is 0 Å². The quantitative estimate of drug-likeness (QED) is 0.398. The lowest BCUT2D eigenvalue weighted by Crippen LogP contribution is -2.26. The highest BCUT2D eigenvalue weighted by Crippen LogP contribution is 2.32. The molecule has 0 aliphatic carbocycles. The molecule has 8 heteroatoms. The molecular formula is C18H23N5OS2. The molecule has 0 amide bonds. The molecule has 0 spiro atoms. The zero-order valence-corrected chi connectivity index (χ0v) is 16.5. The van der Waals surface area contributed by atoms with Crippen LogP contribution in [0.3, 0.4) is 0 Å². The SMILES string of the molecule is CC(C)CC(CO)Nc1nc(SCc2ccccc2)nc2nc(N)sc12. The number of fused-ring (bicyclic) bond motifs is 1. The summed E-state index contributed by atoms with van der Waals surface area (Å²) in [5.74, 6) is 1.94. The van der Waals surface area contributed by atoms with E-state index in [1.807, 2.05) is 18.2 Å². The standard InChI is InChI=1S/C18H23N5OS2/c1-11(2)8-13(9-24)20-15-14-16(21-17(19)26-14)23-18(22-15)25-10-12-6-4-3-5-7-12/h3-7,11,13,24H,8-10H2,1-2H3,(H3,19,20,21,22,23). The van der Waals surface area contributed by atoms with Crippen LogP contribution in [0.5, 0.6) is 0 Å². The normalized spacial score (nSPS) is 12.6. The number of nitrogens with two attached hydrogens (primary N) is 1. The molecule has 3 aromatic rings. The summed E-state index contributed by atoms with van der Waals surface area (Å²) in [5, 5.41) is 14.2. The molecule has 6 nitrogen and oxygen atoms in total. The monoisotopic (exact) mass is 389 g/mol. The summed E-state index contributed by atoms with van der Waals surface area (Å²) in [7, 11) is 0. The Hall–Kier alpha value is -1.90. The van der Waals surface area contributed by atoms with E-state index in [-0.39, 0.29) is 12.6 Å². The Balaban J connectivity index is 1.85. The molecule has 1 aromatic carbocycles. The Morgan fingerprint density at radius 1 is 1.19 bits per heavy atom. The number of nitrogens with zero attached hydrogens (tertiary/aromatic N) is 3. The number of hydrogen-bond donors (Lipinski definition) is 3. The van der Waals surface area contributed by atoms with E-state index < -0.39 is 0 Å². The maximum absolute atomic E-state index is 9.69. The summed E-state index contributed by atoms with van der Waals surface area (Å²) in [4.78, 5) is 13.5. The van der Waals surface area contributed by atoms with E-state index in [9.17, 15) is 5.11 Å². The topological polar surface area (TPSA) is 97.0 Å². The van der Waals surface area contributed by atoms with Crippen LogP contribution in [-0.2, 0) is 5.75 Å². The summed E-state index contributed by atoms with van der Waals surface area (Å²) < 4.78 is 0.828. The molecule has 0 aliphatic heterocycles. The maximum Gasteiger partial charge on any atom is 0.191 e. The molecule has 0 aliphatic rings. The molecular weight excluding hydrogens is 366 g/mol. The van der Waals surface area contributed by atoms with Crippen molar-refractivity contribution in [2.75, 3.05) is 17.7 Å².